The summed E-state index contributed by atoms with van der Waals surface area (Å²) in [6, 6.07) is 0. The van der Waals surface area contributed by atoms with E-state index in [1.165, 1.54) is 4.31 Å². The van der Waals surface area contributed by atoms with E-state index >= 15 is 0 Å². The van der Waals surface area contributed by atoms with Crippen LogP contribution in [-0.2, 0) is 24.3 Å². The molecule has 0 radical (unpaired) electrons. The van der Waals surface area contributed by atoms with Crippen molar-refractivity contribution >= 4 is 16.0 Å². The van der Waals surface area contributed by atoms with Crippen LogP contribution in [0.1, 0.15) is 13.3 Å². The number of carboxylic acid groups (broad SMARTS) is 1. The second-order valence-electron chi connectivity index (χ2n) is 5.11. The van der Waals surface area contributed by atoms with E-state index in [9.17, 15) is 13.2 Å². The molecule has 1 saturated heterocycles. The minimum absolute atomic E-state index is 0.0500. The van der Waals surface area contributed by atoms with Gasteiger partial charge >= 0.3 is 5.97 Å². The van der Waals surface area contributed by atoms with Gasteiger partial charge in [-0.05, 0) is 12.3 Å². The number of ether oxygens (including phenoxy) is 2. The lowest BCUT2D eigenvalue weighted by atomic mass is 9.92. The molecular weight excluding hydrogens is 286 g/mol. The molecule has 2 unspecified atom stereocenters. The molecule has 8 heteroatoms. The van der Waals surface area contributed by atoms with Crippen molar-refractivity contribution in [1.82, 2.24) is 4.31 Å². The van der Waals surface area contributed by atoms with Crippen LogP contribution in [0, 0.1) is 11.8 Å². The van der Waals surface area contributed by atoms with Crippen LogP contribution in [-0.4, -0.2) is 69.6 Å². The van der Waals surface area contributed by atoms with E-state index < -0.39 is 21.9 Å². The summed E-state index contributed by atoms with van der Waals surface area (Å²) in [5.41, 5.74) is 0. The lowest BCUT2D eigenvalue weighted by molar-refractivity contribution is -0.143. The van der Waals surface area contributed by atoms with Crippen molar-refractivity contribution in [1.29, 1.82) is 0 Å². The van der Waals surface area contributed by atoms with Gasteiger partial charge in [0.15, 0.2) is 0 Å². The third-order valence-electron chi connectivity index (χ3n) is 3.29. The molecule has 0 aromatic carbocycles. The number of methoxy groups -OCH3 is 1. The van der Waals surface area contributed by atoms with E-state index in [2.05, 4.69) is 0 Å². The van der Waals surface area contributed by atoms with Crippen LogP contribution in [0.25, 0.3) is 0 Å². The zero-order chi connectivity index (χ0) is 15.2. The number of hydrogen-bond acceptors (Lipinski definition) is 5. The molecule has 1 aliphatic rings. The van der Waals surface area contributed by atoms with Crippen molar-refractivity contribution in [2.45, 2.75) is 13.3 Å². The van der Waals surface area contributed by atoms with Gasteiger partial charge in [-0.1, -0.05) is 6.92 Å². The lowest BCUT2D eigenvalue weighted by Crippen LogP contribution is -2.46. The standard InChI is InChI=1S/C12H23NO6S/c1-10-7-11(12(14)15)9-13(8-10)20(16,17)6-5-19-4-3-18-2/h10-11H,3-9H2,1-2H3,(H,14,15). The average molecular weight is 309 g/mol. The maximum absolute atomic E-state index is 12.2. The summed E-state index contributed by atoms with van der Waals surface area (Å²) in [5.74, 6) is -1.64. The van der Waals surface area contributed by atoms with Crippen molar-refractivity contribution in [2.24, 2.45) is 11.8 Å². The number of carbonyl (C=O) groups is 1. The first-order chi connectivity index (χ1) is 9.36. The molecule has 0 bridgehead atoms. The minimum Gasteiger partial charge on any atom is -0.481 e. The summed E-state index contributed by atoms with van der Waals surface area (Å²) in [6.07, 6.45) is 0.520. The predicted molar refractivity (Wildman–Crippen MR) is 73.0 cm³/mol. The van der Waals surface area contributed by atoms with Gasteiger partial charge in [0.05, 0.1) is 31.5 Å². The van der Waals surface area contributed by atoms with E-state index in [0.717, 1.165) is 0 Å². The quantitative estimate of drug-likeness (QED) is 0.636. The van der Waals surface area contributed by atoms with Crippen molar-refractivity contribution in [2.75, 3.05) is 45.8 Å². The molecule has 0 aromatic heterocycles. The maximum atomic E-state index is 12.2. The molecule has 0 aromatic rings. The first-order valence-corrected chi connectivity index (χ1v) is 8.25. The smallest absolute Gasteiger partial charge is 0.307 e. The van der Waals surface area contributed by atoms with Crippen molar-refractivity contribution in [3.63, 3.8) is 0 Å². The Morgan fingerprint density at radius 2 is 2.00 bits per heavy atom. The number of carboxylic acids is 1. The van der Waals surface area contributed by atoms with Gasteiger partial charge < -0.3 is 14.6 Å². The van der Waals surface area contributed by atoms with Gasteiger partial charge in [0, 0.05) is 20.2 Å². The van der Waals surface area contributed by atoms with Gasteiger partial charge in [-0.2, -0.15) is 0 Å². The minimum atomic E-state index is -3.47. The highest BCUT2D eigenvalue weighted by molar-refractivity contribution is 7.89. The van der Waals surface area contributed by atoms with E-state index in [0.29, 0.717) is 26.2 Å². The van der Waals surface area contributed by atoms with E-state index in [4.69, 9.17) is 14.6 Å². The molecule has 1 rings (SSSR count). The Morgan fingerprint density at radius 1 is 1.30 bits per heavy atom. The molecule has 0 spiro atoms. The molecule has 1 aliphatic heterocycles. The molecule has 0 saturated carbocycles. The highest BCUT2D eigenvalue weighted by Gasteiger charge is 2.35. The number of hydrogen-bond donors (Lipinski definition) is 1. The highest BCUT2D eigenvalue weighted by Crippen LogP contribution is 2.24. The Labute approximate surface area is 119 Å². The van der Waals surface area contributed by atoms with Crippen LogP contribution in [0.15, 0.2) is 0 Å². The highest BCUT2D eigenvalue weighted by atomic mass is 32.2. The Morgan fingerprint density at radius 3 is 2.60 bits per heavy atom. The van der Waals surface area contributed by atoms with Crippen molar-refractivity contribution in [3.8, 4) is 0 Å². The summed E-state index contributed by atoms with van der Waals surface area (Å²) >= 11 is 0. The molecular formula is C12H23NO6S. The van der Waals surface area contributed by atoms with Gasteiger partial charge in [0.25, 0.3) is 0 Å². The molecule has 1 heterocycles. The summed E-state index contributed by atoms with van der Waals surface area (Å²) in [4.78, 5) is 11.0. The normalized spacial score (nSPS) is 24.7. The molecule has 7 nitrogen and oxygen atoms in total. The zero-order valence-electron chi connectivity index (χ0n) is 11.9. The number of nitrogens with zero attached hydrogens (tertiary/aromatic N) is 1. The second-order valence-corrected chi connectivity index (χ2v) is 7.20. The fourth-order valence-corrected chi connectivity index (χ4v) is 3.72. The van der Waals surface area contributed by atoms with E-state index in [-0.39, 0.29) is 24.8 Å². The topological polar surface area (TPSA) is 93.1 Å². The fourth-order valence-electron chi connectivity index (χ4n) is 2.25. The fraction of sp³-hybridized carbons (Fsp3) is 0.917. The third-order valence-corrected chi connectivity index (χ3v) is 5.05. The number of aliphatic carboxylic acids is 1. The summed E-state index contributed by atoms with van der Waals surface area (Å²) in [6.45, 7) is 3.16. The molecule has 20 heavy (non-hydrogen) atoms. The van der Waals surface area contributed by atoms with Crippen LogP contribution in [0.4, 0.5) is 0 Å². The number of sulfonamides is 1. The first kappa shape index (κ1) is 17.4. The molecule has 1 N–H and O–H groups in total. The summed E-state index contributed by atoms with van der Waals surface area (Å²) in [5, 5.41) is 9.05. The van der Waals surface area contributed by atoms with Gasteiger partial charge in [-0.15, -0.1) is 0 Å². The van der Waals surface area contributed by atoms with Gasteiger partial charge in [0.1, 0.15) is 0 Å². The van der Waals surface area contributed by atoms with Crippen LogP contribution >= 0.6 is 0 Å². The van der Waals surface area contributed by atoms with Crippen LogP contribution in [0.2, 0.25) is 0 Å². The van der Waals surface area contributed by atoms with Crippen molar-refractivity contribution < 1.29 is 27.8 Å². The summed E-state index contributed by atoms with van der Waals surface area (Å²) in [7, 11) is -1.92. The SMILES string of the molecule is COCCOCCS(=O)(=O)N1CC(C)CC(C(=O)O)C1. The monoisotopic (exact) mass is 309 g/mol. The lowest BCUT2D eigenvalue weighted by Gasteiger charge is -2.33. The largest absolute Gasteiger partial charge is 0.481 e. The zero-order valence-corrected chi connectivity index (χ0v) is 12.8. The van der Waals surface area contributed by atoms with Crippen LogP contribution < -0.4 is 0 Å². The first-order valence-electron chi connectivity index (χ1n) is 6.64. The summed E-state index contributed by atoms with van der Waals surface area (Å²) < 4.78 is 35.5. The predicted octanol–water partition coefficient (Wildman–Crippen LogP) is 0.0218. The third kappa shape index (κ3) is 5.35. The van der Waals surface area contributed by atoms with Gasteiger partial charge in [-0.3, -0.25) is 4.79 Å². The Balaban J connectivity index is 2.51. The Kier molecular flexibility index (Phi) is 6.87. The van der Waals surface area contributed by atoms with Gasteiger partial charge in [-0.25, -0.2) is 12.7 Å². The second kappa shape index (κ2) is 7.92. The van der Waals surface area contributed by atoms with Crippen LogP contribution in [0.3, 0.4) is 0 Å². The molecule has 2 atom stereocenters. The average Bonchev–Trinajstić information content (AvgIpc) is 2.37. The Hall–Kier alpha value is -0.700. The number of rotatable bonds is 8. The van der Waals surface area contributed by atoms with Crippen molar-refractivity contribution in [3.05, 3.63) is 0 Å². The van der Waals surface area contributed by atoms with E-state index in [1.807, 2.05) is 6.92 Å². The molecule has 1 fully saturated rings. The maximum Gasteiger partial charge on any atom is 0.307 e. The molecule has 0 aliphatic carbocycles. The number of piperidine rings is 1. The van der Waals surface area contributed by atoms with Gasteiger partial charge in [0.2, 0.25) is 10.0 Å². The Bertz CT molecular complexity index is 410. The molecule has 118 valence electrons. The molecule has 0 amide bonds. The van der Waals surface area contributed by atoms with Crippen LogP contribution in [0.5, 0.6) is 0 Å². The van der Waals surface area contributed by atoms with E-state index in [1.54, 1.807) is 7.11 Å².